The van der Waals surface area contributed by atoms with Gasteiger partial charge < -0.3 is 25.1 Å². The minimum Gasteiger partial charge on any atom is -0.406 e. The zero-order valence-corrected chi connectivity index (χ0v) is 17.1. The molecule has 4 N–H and O–H groups in total. The van der Waals surface area contributed by atoms with E-state index in [-0.39, 0.29) is 5.04 Å². The van der Waals surface area contributed by atoms with Crippen LogP contribution in [0.5, 0.6) is 0 Å². The van der Waals surface area contributed by atoms with Gasteiger partial charge in [0.25, 0.3) is 0 Å². The summed E-state index contributed by atoms with van der Waals surface area (Å²) in [4.78, 5) is 15.7. The summed E-state index contributed by atoms with van der Waals surface area (Å²) < 4.78 is 26.7. The van der Waals surface area contributed by atoms with Gasteiger partial charge in [-0.1, -0.05) is 26.7 Å². The fourth-order valence-corrected chi connectivity index (χ4v) is 3.84. The van der Waals surface area contributed by atoms with Crippen LogP contribution in [0.15, 0.2) is 11.0 Å². The highest BCUT2D eigenvalue weighted by Gasteiger charge is 2.57. The number of ether oxygens (including phenoxy) is 1. The number of nitrogens with two attached hydrogens (primary N) is 1. The van der Waals surface area contributed by atoms with E-state index < -0.39 is 56.3 Å². The highest BCUT2D eigenvalue weighted by molar-refractivity contribution is 6.74. The van der Waals surface area contributed by atoms with Gasteiger partial charge in [0.15, 0.2) is 31.8 Å². The largest absolute Gasteiger partial charge is 0.406 e. The Hall–Kier alpha value is -1.77. The third kappa shape index (κ3) is 3.65. The van der Waals surface area contributed by atoms with E-state index in [1.54, 1.807) is 0 Å². The molecule has 0 unspecified atom stereocenters. The molecule has 0 aliphatic carbocycles. The van der Waals surface area contributed by atoms with Gasteiger partial charge in [0.2, 0.25) is 0 Å². The maximum atomic E-state index is 13.9. The summed E-state index contributed by atoms with van der Waals surface area (Å²) in [6.07, 6.45) is 2.46. The van der Waals surface area contributed by atoms with Crippen LogP contribution in [-0.2, 0) is 9.16 Å². The molecule has 2 heterocycles. The summed E-state index contributed by atoms with van der Waals surface area (Å²) in [6.45, 7) is 9.15. The predicted octanol–water partition coefficient (Wildman–Crippen LogP) is 0.609. The van der Waals surface area contributed by atoms with E-state index in [9.17, 15) is 19.4 Å². The molecule has 0 bridgehead atoms. The van der Waals surface area contributed by atoms with Crippen LogP contribution < -0.4 is 11.4 Å². The minimum atomic E-state index is -2.46. The average Bonchev–Trinajstić information content (AvgIpc) is 2.83. The summed E-state index contributed by atoms with van der Waals surface area (Å²) in [5, 5.41) is 20.3. The summed E-state index contributed by atoms with van der Waals surface area (Å²) in [6, 6.07) is 0. The first-order valence-electron chi connectivity index (χ1n) is 8.46. The maximum Gasteiger partial charge on any atom is 0.351 e. The highest BCUT2D eigenvalue weighted by Crippen LogP contribution is 2.44. The first-order chi connectivity index (χ1) is 12.3. The first kappa shape index (κ1) is 21.5. The molecule has 0 aromatic carbocycles. The second-order valence-electron chi connectivity index (χ2n) is 8.15. The smallest absolute Gasteiger partial charge is 0.351 e. The molecule has 2 rings (SSSR count). The molecule has 1 aromatic heterocycles. The van der Waals surface area contributed by atoms with Crippen LogP contribution >= 0.6 is 0 Å². The lowest BCUT2D eigenvalue weighted by Crippen LogP contribution is -2.51. The summed E-state index contributed by atoms with van der Waals surface area (Å²) >= 11 is 0. The SMILES string of the molecule is C#C[C@]1(CO)O[C@@H](n2cc(F)c(N)nc2=O)[C@@H](O[Si](C)(C)C(C)(C)C)[C@@H]1O. The zero-order chi connectivity index (χ0) is 20.8. The van der Waals surface area contributed by atoms with Crippen molar-refractivity contribution in [2.75, 3.05) is 12.3 Å². The molecule has 1 aliphatic heterocycles. The Morgan fingerprint density at radius 2 is 2.15 bits per heavy atom. The number of halogens is 1. The van der Waals surface area contributed by atoms with Gasteiger partial charge in [0.1, 0.15) is 12.2 Å². The molecule has 0 amide bonds. The van der Waals surface area contributed by atoms with Crippen molar-refractivity contribution in [2.24, 2.45) is 0 Å². The van der Waals surface area contributed by atoms with Gasteiger partial charge >= 0.3 is 5.69 Å². The molecule has 1 saturated heterocycles. The van der Waals surface area contributed by atoms with E-state index in [0.29, 0.717) is 0 Å². The molecular weight excluding hydrogens is 373 g/mol. The van der Waals surface area contributed by atoms with Gasteiger partial charge in [0.05, 0.1) is 12.8 Å². The van der Waals surface area contributed by atoms with Crippen molar-refractivity contribution in [1.29, 1.82) is 0 Å². The Morgan fingerprint density at radius 1 is 1.56 bits per heavy atom. The molecule has 1 aliphatic rings. The van der Waals surface area contributed by atoms with Crippen molar-refractivity contribution in [1.82, 2.24) is 9.55 Å². The number of terminal acetylenes is 1. The third-order valence-corrected chi connectivity index (χ3v) is 9.80. The van der Waals surface area contributed by atoms with Crippen LogP contribution in [0, 0.1) is 18.2 Å². The lowest BCUT2D eigenvalue weighted by atomic mass is 9.97. The van der Waals surface area contributed by atoms with Crippen molar-refractivity contribution >= 4 is 14.1 Å². The number of nitrogen functional groups attached to an aromatic ring is 1. The number of hydrogen-bond acceptors (Lipinski definition) is 7. The molecule has 1 aromatic rings. The number of aliphatic hydroxyl groups excluding tert-OH is 2. The van der Waals surface area contributed by atoms with E-state index >= 15 is 0 Å². The number of anilines is 1. The summed E-state index contributed by atoms with van der Waals surface area (Å²) in [5.41, 5.74) is 2.64. The molecule has 150 valence electrons. The van der Waals surface area contributed by atoms with Gasteiger partial charge in [-0.2, -0.15) is 4.98 Å². The van der Waals surface area contributed by atoms with Crippen LogP contribution in [0.3, 0.4) is 0 Å². The maximum absolute atomic E-state index is 13.9. The Morgan fingerprint density at radius 3 is 2.63 bits per heavy atom. The fraction of sp³-hybridized carbons (Fsp3) is 0.647. The molecule has 0 saturated carbocycles. The number of nitrogens with zero attached hydrogens (tertiary/aromatic N) is 2. The summed E-state index contributed by atoms with van der Waals surface area (Å²) in [5.74, 6) is 0.752. The van der Waals surface area contributed by atoms with Gasteiger partial charge in [-0.05, 0) is 18.1 Å². The van der Waals surface area contributed by atoms with Gasteiger partial charge in [0, 0.05) is 0 Å². The molecular formula is C17H26FN3O5Si. The number of aromatic nitrogens is 2. The summed E-state index contributed by atoms with van der Waals surface area (Å²) in [7, 11) is -2.46. The fourth-order valence-electron chi connectivity index (χ4n) is 2.56. The van der Waals surface area contributed by atoms with Crippen molar-refractivity contribution in [3.05, 3.63) is 22.5 Å². The Bertz CT molecular complexity index is 816. The zero-order valence-electron chi connectivity index (χ0n) is 16.1. The molecule has 10 heteroatoms. The number of hydrogen-bond donors (Lipinski definition) is 3. The Labute approximate surface area is 158 Å². The Kier molecular flexibility index (Phi) is 5.58. The molecule has 1 fully saturated rings. The van der Waals surface area contributed by atoms with Gasteiger partial charge in [-0.15, -0.1) is 6.42 Å². The lowest BCUT2D eigenvalue weighted by molar-refractivity contribution is -0.0934. The quantitative estimate of drug-likeness (QED) is 0.501. The second-order valence-corrected chi connectivity index (χ2v) is 12.9. The molecule has 4 atom stereocenters. The average molecular weight is 399 g/mol. The minimum absolute atomic E-state index is 0.229. The molecule has 8 nitrogen and oxygen atoms in total. The third-order valence-electron chi connectivity index (χ3n) is 5.33. The van der Waals surface area contributed by atoms with Crippen LogP contribution in [0.1, 0.15) is 27.0 Å². The first-order valence-corrected chi connectivity index (χ1v) is 11.4. The van der Waals surface area contributed by atoms with Crippen molar-refractivity contribution in [3.8, 4) is 12.3 Å². The lowest BCUT2D eigenvalue weighted by Gasteiger charge is -2.40. The normalized spacial score (nSPS) is 28.9. The van der Waals surface area contributed by atoms with Crippen LogP contribution in [0.4, 0.5) is 10.2 Å². The van der Waals surface area contributed by atoms with E-state index in [4.69, 9.17) is 21.3 Å². The topological polar surface area (TPSA) is 120 Å². The van der Waals surface area contributed by atoms with E-state index in [2.05, 4.69) is 10.9 Å². The monoisotopic (exact) mass is 399 g/mol. The van der Waals surface area contributed by atoms with Crippen LogP contribution in [0.2, 0.25) is 18.1 Å². The Balaban J connectivity index is 2.58. The number of rotatable bonds is 4. The molecule has 27 heavy (non-hydrogen) atoms. The molecule has 0 radical (unpaired) electrons. The van der Waals surface area contributed by atoms with Crippen LogP contribution in [0.25, 0.3) is 0 Å². The van der Waals surface area contributed by atoms with Gasteiger partial charge in [-0.25, -0.2) is 9.18 Å². The van der Waals surface area contributed by atoms with Gasteiger partial charge in [-0.3, -0.25) is 4.57 Å². The molecule has 0 spiro atoms. The van der Waals surface area contributed by atoms with Crippen LogP contribution in [-0.4, -0.2) is 52.5 Å². The second kappa shape index (κ2) is 6.99. The van der Waals surface area contributed by atoms with Crippen molar-refractivity contribution in [2.45, 2.75) is 62.9 Å². The van der Waals surface area contributed by atoms with Crippen molar-refractivity contribution < 1.29 is 23.8 Å². The standard InChI is InChI=1S/C17H26FN3O5Si/c1-7-17(9-22)12(23)11(26-27(5,6)16(2,3)4)14(25-17)21-8-10(18)13(19)20-15(21)24/h1,8,11-12,14,22-23H,9H2,2-6H3,(H2,19,20,24)/t11-,12-,14+,17+/m0/s1. The number of aliphatic hydroxyl groups is 2. The predicted molar refractivity (Wildman–Crippen MR) is 99.7 cm³/mol. The van der Waals surface area contributed by atoms with E-state index in [1.807, 2.05) is 33.9 Å². The van der Waals surface area contributed by atoms with Crippen molar-refractivity contribution in [3.63, 3.8) is 0 Å². The highest BCUT2D eigenvalue weighted by atomic mass is 28.4. The van der Waals surface area contributed by atoms with E-state index in [0.717, 1.165) is 10.8 Å². The van der Waals surface area contributed by atoms with E-state index in [1.165, 1.54) is 0 Å².